The summed E-state index contributed by atoms with van der Waals surface area (Å²) in [6.07, 6.45) is 0. The molecule has 4 aromatic rings. The fraction of sp³-hybridized carbons (Fsp3) is 0.143. The Labute approximate surface area is 187 Å². The number of nitrogens with zero attached hydrogens (tertiary/aromatic N) is 6. The number of thioether (sulfide) groups is 1. The number of hydrogen-bond acceptors (Lipinski definition) is 9. The van der Waals surface area contributed by atoms with E-state index in [1.54, 1.807) is 0 Å². The first-order valence-corrected chi connectivity index (χ1v) is 10.6. The summed E-state index contributed by atoms with van der Waals surface area (Å²) in [6.45, 7) is 3.83. The first-order valence-electron chi connectivity index (χ1n) is 9.65. The SMILES string of the molecule is CC(=NNC(=O)c1nnn(-c2nonc2N)c1CSc1ccc(C)cc1)c1ccccc1. The number of amides is 1. The maximum atomic E-state index is 12.9. The molecule has 0 radical (unpaired) electrons. The summed E-state index contributed by atoms with van der Waals surface area (Å²) in [6, 6.07) is 17.6. The molecule has 32 heavy (non-hydrogen) atoms. The number of aryl methyl sites for hydroxylation is 1. The first kappa shape index (κ1) is 21.2. The van der Waals surface area contributed by atoms with E-state index in [-0.39, 0.29) is 17.3 Å². The Morgan fingerprint density at radius 1 is 1.16 bits per heavy atom. The van der Waals surface area contributed by atoms with E-state index in [9.17, 15) is 4.79 Å². The number of nitrogens with one attached hydrogen (secondary N) is 1. The van der Waals surface area contributed by atoms with Crippen molar-refractivity contribution in [2.75, 3.05) is 5.73 Å². The van der Waals surface area contributed by atoms with Gasteiger partial charge in [0.15, 0.2) is 5.69 Å². The van der Waals surface area contributed by atoms with Crippen molar-refractivity contribution >= 4 is 29.2 Å². The molecule has 0 fully saturated rings. The highest BCUT2D eigenvalue weighted by Crippen LogP contribution is 2.26. The third kappa shape index (κ3) is 4.67. The number of benzene rings is 2. The second-order valence-electron chi connectivity index (χ2n) is 6.88. The van der Waals surface area contributed by atoms with E-state index < -0.39 is 5.91 Å². The number of rotatable bonds is 7. The van der Waals surface area contributed by atoms with E-state index >= 15 is 0 Å². The van der Waals surface area contributed by atoms with Crippen molar-refractivity contribution in [2.45, 2.75) is 24.5 Å². The lowest BCUT2D eigenvalue weighted by Gasteiger charge is -2.06. The minimum absolute atomic E-state index is 0.0430. The van der Waals surface area contributed by atoms with Gasteiger partial charge in [-0.3, -0.25) is 4.79 Å². The Balaban J connectivity index is 1.60. The highest BCUT2D eigenvalue weighted by Gasteiger charge is 2.24. The van der Waals surface area contributed by atoms with Gasteiger partial charge in [0.2, 0.25) is 11.6 Å². The molecule has 4 rings (SSSR count). The van der Waals surface area contributed by atoms with Crippen LogP contribution in [0.25, 0.3) is 5.82 Å². The molecule has 162 valence electrons. The number of carbonyl (C=O) groups is 1. The van der Waals surface area contributed by atoms with Crippen LogP contribution < -0.4 is 11.2 Å². The predicted octanol–water partition coefficient (Wildman–Crippen LogP) is 2.99. The van der Waals surface area contributed by atoms with Crippen LogP contribution in [0.2, 0.25) is 0 Å². The van der Waals surface area contributed by atoms with Crippen LogP contribution in [-0.4, -0.2) is 36.9 Å². The van der Waals surface area contributed by atoms with Crippen LogP contribution in [0.15, 0.2) is 69.2 Å². The molecule has 0 spiro atoms. The number of anilines is 1. The van der Waals surface area contributed by atoms with Crippen molar-refractivity contribution in [2.24, 2.45) is 5.10 Å². The number of nitrogens with two attached hydrogens (primary N) is 1. The number of hydrogen-bond donors (Lipinski definition) is 2. The van der Waals surface area contributed by atoms with Crippen LogP contribution >= 0.6 is 11.8 Å². The van der Waals surface area contributed by atoms with Crippen LogP contribution in [0.3, 0.4) is 0 Å². The third-order valence-corrected chi connectivity index (χ3v) is 5.61. The standard InChI is InChI=1S/C21H20N8O2S/c1-13-8-10-16(11-9-13)32-12-17-18(24-28-29(17)20-19(22)26-31-27-20)21(30)25-23-14(2)15-6-4-3-5-7-15/h3-11H,12H2,1-2H3,(H2,22,26)(H,25,30). The second kappa shape index (κ2) is 9.43. The molecule has 0 saturated heterocycles. The normalized spacial score (nSPS) is 11.5. The number of nitrogen functional groups attached to an aromatic ring is 1. The summed E-state index contributed by atoms with van der Waals surface area (Å²) >= 11 is 1.52. The summed E-state index contributed by atoms with van der Waals surface area (Å²) in [4.78, 5) is 13.9. The molecule has 0 bridgehead atoms. The topological polar surface area (TPSA) is 137 Å². The Kier molecular flexibility index (Phi) is 6.26. The molecule has 0 aliphatic rings. The van der Waals surface area contributed by atoms with Crippen LogP contribution in [0.4, 0.5) is 5.82 Å². The van der Waals surface area contributed by atoms with Gasteiger partial charge >= 0.3 is 0 Å². The first-order chi connectivity index (χ1) is 15.5. The molecule has 11 heteroatoms. The minimum atomic E-state index is -0.499. The average Bonchev–Trinajstić information content (AvgIpc) is 3.43. The zero-order valence-electron chi connectivity index (χ0n) is 17.4. The fourth-order valence-corrected chi connectivity index (χ4v) is 3.72. The molecule has 0 saturated carbocycles. The predicted molar refractivity (Wildman–Crippen MR) is 120 cm³/mol. The van der Waals surface area contributed by atoms with E-state index in [2.05, 4.69) is 35.8 Å². The fourth-order valence-electron chi connectivity index (χ4n) is 2.83. The van der Waals surface area contributed by atoms with Gasteiger partial charge in [0.25, 0.3) is 5.91 Å². The molecule has 0 aliphatic heterocycles. The molecule has 2 aromatic heterocycles. The summed E-state index contributed by atoms with van der Waals surface area (Å²) in [5.74, 6) is 0.0921. The van der Waals surface area contributed by atoms with Crippen molar-refractivity contribution in [1.82, 2.24) is 30.7 Å². The zero-order chi connectivity index (χ0) is 22.5. The molecule has 0 aliphatic carbocycles. The largest absolute Gasteiger partial charge is 0.378 e. The quantitative estimate of drug-likeness (QED) is 0.250. The van der Waals surface area contributed by atoms with E-state index in [1.807, 2.05) is 68.4 Å². The van der Waals surface area contributed by atoms with Gasteiger partial charge in [0.05, 0.1) is 11.4 Å². The highest BCUT2D eigenvalue weighted by atomic mass is 32.2. The highest BCUT2D eigenvalue weighted by molar-refractivity contribution is 7.98. The molecular formula is C21H20N8O2S. The van der Waals surface area contributed by atoms with Gasteiger partial charge in [-0.1, -0.05) is 53.2 Å². The van der Waals surface area contributed by atoms with Crippen molar-refractivity contribution in [1.29, 1.82) is 0 Å². The summed E-state index contributed by atoms with van der Waals surface area (Å²) in [5, 5.41) is 19.7. The molecule has 0 unspecified atom stereocenters. The van der Waals surface area contributed by atoms with E-state index in [0.717, 1.165) is 16.0 Å². The van der Waals surface area contributed by atoms with Crippen molar-refractivity contribution in [3.63, 3.8) is 0 Å². The lowest BCUT2D eigenvalue weighted by Crippen LogP contribution is -2.21. The van der Waals surface area contributed by atoms with Gasteiger partial charge < -0.3 is 5.73 Å². The Bertz CT molecular complexity index is 1250. The minimum Gasteiger partial charge on any atom is -0.378 e. The Morgan fingerprint density at radius 3 is 2.59 bits per heavy atom. The summed E-state index contributed by atoms with van der Waals surface area (Å²) in [5.41, 5.74) is 11.7. The van der Waals surface area contributed by atoms with E-state index in [1.165, 1.54) is 16.4 Å². The van der Waals surface area contributed by atoms with Gasteiger partial charge in [-0.15, -0.1) is 16.9 Å². The van der Waals surface area contributed by atoms with Crippen molar-refractivity contribution in [3.05, 3.63) is 77.1 Å². The molecule has 0 atom stereocenters. The van der Waals surface area contributed by atoms with E-state index in [0.29, 0.717) is 17.2 Å². The van der Waals surface area contributed by atoms with Gasteiger partial charge in [0.1, 0.15) is 0 Å². The van der Waals surface area contributed by atoms with Crippen LogP contribution in [0.5, 0.6) is 0 Å². The van der Waals surface area contributed by atoms with Gasteiger partial charge in [-0.05, 0) is 41.9 Å². The zero-order valence-corrected chi connectivity index (χ0v) is 18.2. The Morgan fingerprint density at radius 2 is 1.91 bits per heavy atom. The molecule has 2 heterocycles. The van der Waals surface area contributed by atoms with Gasteiger partial charge in [0, 0.05) is 10.6 Å². The maximum Gasteiger partial charge on any atom is 0.293 e. The second-order valence-corrected chi connectivity index (χ2v) is 7.92. The third-order valence-electron chi connectivity index (χ3n) is 4.59. The summed E-state index contributed by atoms with van der Waals surface area (Å²) < 4.78 is 6.04. The monoisotopic (exact) mass is 448 g/mol. The number of hydrazone groups is 1. The maximum absolute atomic E-state index is 12.9. The molecular weight excluding hydrogens is 428 g/mol. The van der Waals surface area contributed by atoms with Gasteiger partial charge in [-0.2, -0.15) is 9.78 Å². The average molecular weight is 449 g/mol. The molecule has 2 aromatic carbocycles. The smallest absolute Gasteiger partial charge is 0.293 e. The molecule has 3 N–H and O–H groups in total. The number of carbonyl (C=O) groups excluding carboxylic acids is 1. The van der Waals surface area contributed by atoms with Crippen LogP contribution in [0.1, 0.15) is 34.2 Å². The van der Waals surface area contributed by atoms with Crippen LogP contribution in [0, 0.1) is 6.92 Å². The summed E-state index contributed by atoms with van der Waals surface area (Å²) in [7, 11) is 0. The molecule has 10 nitrogen and oxygen atoms in total. The van der Waals surface area contributed by atoms with Gasteiger partial charge in [-0.25, -0.2) is 10.1 Å². The Hall–Kier alpha value is -3.99. The van der Waals surface area contributed by atoms with Crippen molar-refractivity contribution < 1.29 is 9.42 Å². The number of aromatic nitrogens is 5. The van der Waals surface area contributed by atoms with E-state index in [4.69, 9.17) is 5.73 Å². The van der Waals surface area contributed by atoms with Crippen LogP contribution in [-0.2, 0) is 5.75 Å². The molecule has 1 amide bonds. The van der Waals surface area contributed by atoms with Crippen molar-refractivity contribution in [3.8, 4) is 5.82 Å². The lowest BCUT2D eigenvalue weighted by atomic mass is 10.1. The lowest BCUT2D eigenvalue weighted by molar-refractivity contribution is 0.0949.